The van der Waals surface area contributed by atoms with Crippen LogP contribution in [0, 0.1) is 11.7 Å². The Hall–Kier alpha value is -1.56. The molecule has 1 N–H and O–H groups in total. The summed E-state index contributed by atoms with van der Waals surface area (Å²) >= 11 is 1.43. The van der Waals surface area contributed by atoms with Crippen molar-refractivity contribution >= 4 is 23.6 Å². The molecule has 1 unspecified atom stereocenters. The third-order valence-corrected chi connectivity index (χ3v) is 5.26. The van der Waals surface area contributed by atoms with Crippen LogP contribution in [-0.4, -0.2) is 40.2 Å². The second-order valence-corrected chi connectivity index (χ2v) is 6.68. The predicted octanol–water partition coefficient (Wildman–Crippen LogP) is 3.02. The zero-order valence-electron chi connectivity index (χ0n) is 12.5. The summed E-state index contributed by atoms with van der Waals surface area (Å²) in [5, 5.41) is 8.78. The number of nitrogens with zero attached hydrogens (tertiary/aromatic N) is 1. The van der Waals surface area contributed by atoms with Crippen molar-refractivity contribution in [2.75, 3.05) is 13.1 Å². The van der Waals surface area contributed by atoms with Crippen LogP contribution in [0.1, 0.15) is 26.2 Å². The molecule has 2 rings (SSSR count). The Bertz CT molecular complexity index is 527. The van der Waals surface area contributed by atoms with Gasteiger partial charge in [-0.2, -0.15) is 0 Å². The van der Waals surface area contributed by atoms with Crippen molar-refractivity contribution in [3.8, 4) is 0 Å². The summed E-state index contributed by atoms with van der Waals surface area (Å²) in [5.74, 6) is -1.37. The zero-order chi connectivity index (χ0) is 16.1. The second kappa shape index (κ2) is 7.63. The van der Waals surface area contributed by atoms with Gasteiger partial charge in [0.25, 0.3) is 0 Å². The van der Waals surface area contributed by atoms with Gasteiger partial charge < -0.3 is 10.0 Å². The highest BCUT2D eigenvalue weighted by Gasteiger charge is 2.30. The first-order chi connectivity index (χ1) is 10.5. The Morgan fingerprint density at radius 1 is 1.32 bits per heavy atom. The molecule has 1 aromatic carbocycles. The molecule has 0 radical (unpaired) electrons. The number of carboxylic acids is 1. The highest BCUT2D eigenvalue weighted by atomic mass is 32.2. The van der Waals surface area contributed by atoms with Crippen molar-refractivity contribution in [1.29, 1.82) is 0 Å². The van der Waals surface area contributed by atoms with E-state index in [0.717, 1.165) is 4.90 Å². The van der Waals surface area contributed by atoms with Crippen LogP contribution in [0.4, 0.5) is 4.39 Å². The molecular weight excluding hydrogens is 305 g/mol. The molecule has 1 amide bonds. The third-order valence-electron chi connectivity index (χ3n) is 3.89. The number of halogens is 1. The summed E-state index contributed by atoms with van der Waals surface area (Å²) in [4.78, 5) is 26.1. The SMILES string of the molecule is CCC(Sc1ccc(F)cc1)C(=O)N1CCC(C(=O)O)CC1. The van der Waals surface area contributed by atoms with Crippen LogP contribution in [0.3, 0.4) is 0 Å². The maximum absolute atomic E-state index is 12.9. The van der Waals surface area contributed by atoms with Gasteiger partial charge in [-0.15, -0.1) is 11.8 Å². The van der Waals surface area contributed by atoms with E-state index in [4.69, 9.17) is 5.11 Å². The number of piperidine rings is 1. The number of rotatable bonds is 5. The van der Waals surface area contributed by atoms with Gasteiger partial charge in [0.15, 0.2) is 0 Å². The van der Waals surface area contributed by atoms with Crippen LogP contribution >= 0.6 is 11.8 Å². The average molecular weight is 325 g/mol. The van der Waals surface area contributed by atoms with Gasteiger partial charge in [-0.25, -0.2) is 4.39 Å². The normalized spacial score (nSPS) is 17.3. The lowest BCUT2D eigenvalue weighted by Crippen LogP contribution is -2.44. The molecule has 1 fully saturated rings. The molecule has 120 valence electrons. The van der Waals surface area contributed by atoms with E-state index in [1.54, 1.807) is 17.0 Å². The van der Waals surface area contributed by atoms with Crippen LogP contribution in [0.2, 0.25) is 0 Å². The number of carboxylic acid groups (broad SMARTS) is 1. The van der Waals surface area contributed by atoms with Gasteiger partial charge in [0.2, 0.25) is 5.91 Å². The molecular formula is C16H20FNO3S. The number of aliphatic carboxylic acids is 1. The quantitative estimate of drug-likeness (QED) is 0.846. The first-order valence-corrected chi connectivity index (χ1v) is 8.33. The minimum absolute atomic E-state index is 0.0423. The van der Waals surface area contributed by atoms with Crippen LogP contribution in [0.25, 0.3) is 0 Å². The topological polar surface area (TPSA) is 57.6 Å². The molecule has 22 heavy (non-hydrogen) atoms. The first-order valence-electron chi connectivity index (χ1n) is 7.45. The fourth-order valence-electron chi connectivity index (χ4n) is 2.54. The van der Waals surface area contributed by atoms with Crippen molar-refractivity contribution in [3.63, 3.8) is 0 Å². The lowest BCUT2D eigenvalue weighted by Gasteiger charge is -2.32. The standard InChI is InChI=1S/C16H20FNO3S/c1-2-14(22-13-5-3-12(17)4-6-13)15(19)18-9-7-11(8-10-18)16(20)21/h3-6,11,14H,2,7-10H2,1H3,(H,20,21). The summed E-state index contributed by atoms with van der Waals surface area (Å²) in [6.45, 7) is 2.94. The summed E-state index contributed by atoms with van der Waals surface area (Å²) in [6.07, 6.45) is 1.71. The number of carbonyl (C=O) groups is 2. The molecule has 1 aliphatic heterocycles. The molecule has 1 heterocycles. The number of hydrogen-bond acceptors (Lipinski definition) is 3. The van der Waals surface area contributed by atoms with Crippen LogP contribution in [-0.2, 0) is 9.59 Å². The Morgan fingerprint density at radius 3 is 2.41 bits per heavy atom. The molecule has 6 heteroatoms. The molecule has 1 aromatic rings. The van der Waals surface area contributed by atoms with Crippen LogP contribution in [0.15, 0.2) is 29.2 Å². The highest BCUT2D eigenvalue weighted by molar-refractivity contribution is 8.00. The van der Waals surface area contributed by atoms with Crippen molar-refractivity contribution in [2.45, 2.75) is 36.3 Å². The number of carbonyl (C=O) groups excluding carboxylic acids is 1. The van der Waals surface area contributed by atoms with E-state index in [2.05, 4.69) is 0 Å². The Labute approximate surface area is 133 Å². The summed E-state index contributed by atoms with van der Waals surface area (Å²) in [5.41, 5.74) is 0. The molecule has 0 bridgehead atoms. The third kappa shape index (κ3) is 4.22. The molecule has 0 spiro atoms. The number of amides is 1. The van der Waals surface area contributed by atoms with Crippen molar-refractivity contribution in [2.24, 2.45) is 5.92 Å². The minimum Gasteiger partial charge on any atom is -0.481 e. The summed E-state index contributed by atoms with van der Waals surface area (Å²) < 4.78 is 12.9. The molecule has 1 atom stereocenters. The molecule has 0 saturated carbocycles. The van der Waals surface area contributed by atoms with E-state index in [1.807, 2.05) is 6.92 Å². The maximum atomic E-state index is 12.9. The minimum atomic E-state index is -0.778. The molecule has 4 nitrogen and oxygen atoms in total. The number of benzene rings is 1. The molecule has 0 aliphatic carbocycles. The molecule has 1 saturated heterocycles. The summed E-state index contributed by atoms with van der Waals surface area (Å²) in [7, 11) is 0. The van der Waals surface area contributed by atoms with E-state index < -0.39 is 5.97 Å². The lowest BCUT2D eigenvalue weighted by molar-refractivity contribution is -0.145. The Kier molecular flexibility index (Phi) is 5.83. The van der Waals surface area contributed by atoms with Gasteiger partial charge >= 0.3 is 5.97 Å². The number of likely N-dealkylation sites (tertiary alicyclic amines) is 1. The number of hydrogen-bond donors (Lipinski definition) is 1. The van der Waals surface area contributed by atoms with Gasteiger partial charge in [-0.3, -0.25) is 9.59 Å². The van der Waals surface area contributed by atoms with Crippen molar-refractivity contribution in [3.05, 3.63) is 30.1 Å². The first kappa shape index (κ1) is 16.8. The van der Waals surface area contributed by atoms with E-state index in [1.165, 1.54) is 23.9 Å². The zero-order valence-corrected chi connectivity index (χ0v) is 13.3. The largest absolute Gasteiger partial charge is 0.481 e. The van der Waals surface area contributed by atoms with E-state index in [0.29, 0.717) is 32.4 Å². The van der Waals surface area contributed by atoms with Gasteiger partial charge in [-0.05, 0) is 43.5 Å². The fourth-order valence-corrected chi connectivity index (χ4v) is 3.57. The monoisotopic (exact) mass is 325 g/mol. The second-order valence-electron chi connectivity index (χ2n) is 5.41. The van der Waals surface area contributed by atoms with Crippen molar-refractivity contribution in [1.82, 2.24) is 4.90 Å². The van der Waals surface area contributed by atoms with Crippen LogP contribution in [0.5, 0.6) is 0 Å². The highest BCUT2D eigenvalue weighted by Crippen LogP contribution is 2.28. The van der Waals surface area contributed by atoms with Gasteiger partial charge in [0, 0.05) is 18.0 Å². The average Bonchev–Trinajstić information content (AvgIpc) is 2.53. The van der Waals surface area contributed by atoms with Gasteiger partial charge in [-0.1, -0.05) is 6.92 Å². The fraction of sp³-hybridized carbons (Fsp3) is 0.500. The summed E-state index contributed by atoms with van der Waals surface area (Å²) in [6, 6.07) is 6.12. The number of thioether (sulfide) groups is 1. The van der Waals surface area contributed by atoms with E-state index in [9.17, 15) is 14.0 Å². The van der Waals surface area contributed by atoms with Gasteiger partial charge in [0.05, 0.1) is 11.2 Å². The molecule has 0 aromatic heterocycles. The van der Waals surface area contributed by atoms with Crippen LogP contribution < -0.4 is 0 Å². The Balaban J connectivity index is 1.94. The van der Waals surface area contributed by atoms with E-state index in [-0.39, 0.29) is 22.9 Å². The lowest BCUT2D eigenvalue weighted by atomic mass is 9.97. The van der Waals surface area contributed by atoms with Crippen molar-refractivity contribution < 1.29 is 19.1 Å². The van der Waals surface area contributed by atoms with Gasteiger partial charge in [0.1, 0.15) is 5.82 Å². The maximum Gasteiger partial charge on any atom is 0.306 e. The molecule has 1 aliphatic rings. The smallest absolute Gasteiger partial charge is 0.306 e. The predicted molar refractivity (Wildman–Crippen MR) is 83.3 cm³/mol. The van der Waals surface area contributed by atoms with E-state index >= 15 is 0 Å². The Morgan fingerprint density at radius 2 is 1.91 bits per heavy atom.